The van der Waals surface area contributed by atoms with E-state index < -0.39 is 23.1 Å². The zero-order chi connectivity index (χ0) is 32.5. The third-order valence-corrected chi connectivity index (χ3v) is 11.6. The molecule has 4 aliphatic heterocycles. The Bertz CT molecular complexity index is 1810. The van der Waals surface area contributed by atoms with Gasteiger partial charge in [0.25, 0.3) is 0 Å². The minimum atomic E-state index is -1.29. The monoisotopic (exact) mass is 707 g/mol. The van der Waals surface area contributed by atoms with Crippen LogP contribution >= 0.6 is 36.9 Å². The van der Waals surface area contributed by atoms with E-state index in [1.54, 1.807) is 15.5 Å². The van der Waals surface area contributed by atoms with E-state index in [2.05, 4.69) is 16.5 Å². The van der Waals surface area contributed by atoms with Crippen LogP contribution < -0.4 is 10.6 Å². The fourth-order valence-corrected chi connectivity index (χ4v) is 9.10. The van der Waals surface area contributed by atoms with E-state index in [9.17, 15) is 18.4 Å². The summed E-state index contributed by atoms with van der Waals surface area (Å²) in [5.41, 5.74) is 0.411. The standard InChI is InChI=1S/C33H35ClF3N5O3S.H2S/c1-4-27(43)40-12-19(3)41(13-18(40)2)31-22-9-23(34)28(21-10-25(36)26(37)11-24(21)35)30-29(22)42(32(44)38-31)20(15-46-30)14-39-7-5-33(6-8-39)16-45-17-33;/h4,9-11,18-20H,1,5-8,12-17H2,2-3H3;1H2/t18-,19+,20+;/m1./s1. The van der Waals surface area contributed by atoms with Gasteiger partial charge in [0.1, 0.15) is 11.6 Å². The van der Waals surface area contributed by atoms with Gasteiger partial charge in [-0.3, -0.25) is 9.36 Å². The molecule has 3 fully saturated rings. The third-order valence-electron chi connectivity index (χ3n) is 10.1. The molecule has 5 heterocycles. The molecule has 3 aromatic rings. The maximum atomic E-state index is 15.3. The van der Waals surface area contributed by atoms with Gasteiger partial charge in [0, 0.05) is 70.4 Å². The molecule has 3 atom stereocenters. The van der Waals surface area contributed by atoms with E-state index in [-0.39, 0.29) is 59.1 Å². The number of anilines is 1. The Labute approximate surface area is 287 Å². The summed E-state index contributed by atoms with van der Waals surface area (Å²) in [6.45, 7) is 12.4. The van der Waals surface area contributed by atoms with Crippen LogP contribution in [0.25, 0.3) is 22.0 Å². The second-order valence-electron chi connectivity index (χ2n) is 13.1. The van der Waals surface area contributed by atoms with Crippen molar-refractivity contribution in [3.05, 3.63) is 63.8 Å². The van der Waals surface area contributed by atoms with Gasteiger partial charge in [0.05, 0.1) is 29.8 Å². The molecule has 0 saturated carbocycles. The van der Waals surface area contributed by atoms with Crippen LogP contribution in [0, 0.1) is 22.9 Å². The Morgan fingerprint density at radius 3 is 2.47 bits per heavy atom. The molecule has 47 heavy (non-hydrogen) atoms. The lowest BCUT2D eigenvalue weighted by molar-refractivity contribution is -0.140. The van der Waals surface area contributed by atoms with E-state index in [1.807, 2.05) is 18.7 Å². The Morgan fingerprint density at radius 1 is 1.11 bits per heavy atom. The summed E-state index contributed by atoms with van der Waals surface area (Å²) in [4.78, 5) is 37.9. The SMILES string of the molecule is C=CC(=O)N1C[C@H](C)N(c2nc(=O)n3c4c(c(-c5cc(F)c(F)cc5F)c(Cl)cc24)SC[C@@H]3CN2CCC3(CC2)COC3)C[C@H]1C.S. The first-order valence-corrected chi connectivity index (χ1v) is 16.9. The smallest absolute Gasteiger partial charge is 0.350 e. The summed E-state index contributed by atoms with van der Waals surface area (Å²) < 4.78 is 50.9. The molecule has 0 N–H and O–H groups in total. The molecule has 4 aliphatic rings. The van der Waals surface area contributed by atoms with Crippen molar-refractivity contribution in [3.8, 4) is 11.1 Å². The fourth-order valence-electron chi connectivity index (χ4n) is 7.41. The zero-order valence-corrected chi connectivity index (χ0v) is 28.8. The summed E-state index contributed by atoms with van der Waals surface area (Å²) >= 11 is 8.32. The van der Waals surface area contributed by atoms with Crippen LogP contribution in [0.2, 0.25) is 5.02 Å². The zero-order valence-electron chi connectivity index (χ0n) is 26.2. The topological polar surface area (TPSA) is 70.9 Å². The minimum Gasteiger partial charge on any atom is -0.380 e. The Morgan fingerprint density at radius 2 is 1.81 bits per heavy atom. The number of halogens is 4. The molecule has 1 spiro atoms. The molecule has 0 aliphatic carbocycles. The van der Waals surface area contributed by atoms with Gasteiger partial charge >= 0.3 is 5.69 Å². The summed E-state index contributed by atoms with van der Waals surface area (Å²) in [5, 5.41) is 0.743. The van der Waals surface area contributed by atoms with Gasteiger partial charge in [-0.25, -0.2) is 18.0 Å². The molecule has 0 bridgehead atoms. The van der Waals surface area contributed by atoms with Crippen LogP contribution in [0.4, 0.5) is 19.0 Å². The van der Waals surface area contributed by atoms with Crippen molar-refractivity contribution in [1.82, 2.24) is 19.4 Å². The molecule has 3 saturated heterocycles. The number of benzene rings is 2. The van der Waals surface area contributed by atoms with Crippen molar-refractivity contribution < 1.29 is 22.7 Å². The van der Waals surface area contributed by atoms with E-state index in [0.29, 0.717) is 53.1 Å². The minimum absolute atomic E-state index is 0. The number of ether oxygens (including phenoxy) is 1. The first-order chi connectivity index (χ1) is 22.0. The first-order valence-electron chi connectivity index (χ1n) is 15.6. The fraction of sp³-hybridized carbons (Fsp3) is 0.485. The van der Waals surface area contributed by atoms with Crippen LogP contribution in [0.5, 0.6) is 0 Å². The van der Waals surface area contributed by atoms with Gasteiger partial charge in [-0.2, -0.15) is 18.5 Å². The Kier molecular flexibility index (Phi) is 9.42. The lowest BCUT2D eigenvalue weighted by Crippen LogP contribution is -2.58. The first kappa shape index (κ1) is 34.2. The molecule has 7 rings (SSSR count). The summed E-state index contributed by atoms with van der Waals surface area (Å²) in [7, 11) is 0. The number of piperidine rings is 1. The van der Waals surface area contributed by atoms with Gasteiger partial charge in [0.2, 0.25) is 5.91 Å². The summed E-state index contributed by atoms with van der Waals surface area (Å²) in [6, 6.07) is 2.37. The van der Waals surface area contributed by atoms with Gasteiger partial charge in [-0.1, -0.05) is 18.2 Å². The van der Waals surface area contributed by atoms with Crippen molar-refractivity contribution in [2.45, 2.75) is 49.7 Å². The van der Waals surface area contributed by atoms with Gasteiger partial charge in [-0.15, -0.1) is 11.8 Å². The average Bonchev–Trinajstić information content (AvgIpc) is 3.01. The van der Waals surface area contributed by atoms with E-state index in [1.165, 1.54) is 17.8 Å². The van der Waals surface area contributed by atoms with Crippen molar-refractivity contribution in [1.29, 1.82) is 0 Å². The number of carbonyl (C=O) groups is 1. The Hall–Kier alpha value is -2.71. The van der Waals surface area contributed by atoms with Crippen LogP contribution in [-0.2, 0) is 9.53 Å². The average molecular weight is 708 g/mol. The second kappa shape index (κ2) is 13.0. The van der Waals surface area contributed by atoms with Crippen molar-refractivity contribution in [2.75, 3.05) is 56.6 Å². The molecular formula is C33H37ClF3N5O3S2. The molecule has 252 valence electrons. The van der Waals surface area contributed by atoms with E-state index >= 15 is 4.39 Å². The van der Waals surface area contributed by atoms with E-state index in [4.69, 9.17) is 16.3 Å². The number of carbonyl (C=O) groups excluding carboxylic acids is 1. The quantitative estimate of drug-likeness (QED) is 0.252. The number of piperazine rings is 1. The van der Waals surface area contributed by atoms with Gasteiger partial charge in [0.15, 0.2) is 11.6 Å². The molecule has 1 amide bonds. The largest absolute Gasteiger partial charge is 0.380 e. The van der Waals surface area contributed by atoms with Gasteiger partial charge < -0.3 is 19.4 Å². The maximum Gasteiger partial charge on any atom is 0.350 e. The predicted octanol–water partition coefficient (Wildman–Crippen LogP) is 5.62. The number of hydrogen-bond acceptors (Lipinski definition) is 7. The maximum absolute atomic E-state index is 15.3. The second-order valence-corrected chi connectivity index (χ2v) is 14.5. The summed E-state index contributed by atoms with van der Waals surface area (Å²) in [6.07, 6.45) is 3.37. The molecule has 2 aromatic carbocycles. The molecule has 8 nitrogen and oxygen atoms in total. The molecular weight excluding hydrogens is 671 g/mol. The lowest BCUT2D eigenvalue weighted by atomic mass is 9.77. The number of aromatic nitrogens is 2. The normalized spacial score (nSPS) is 23.8. The number of amides is 1. The highest BCUT2D eigenvalue weighted by atomic mass is 35.5. The van der Waals surface area contributed by atoms with Crippen LogP contribution in [0.15, 0.2) is 40.5 Å². The Balaban J connectivity index is 0.00000386. The highest BCUT2D eigenvalue weighted by Crippen LogP contribution is 2.49. The molecule has 0 unspecified atom stereocenters. The van der Waals surface area contributed by atoms with Crippen LogP contribution in [0.3, 0.4) is 0 Å². The number of likely N-dealkylation sites (tertiary alicyclic amines) is 1. The highest BCUT2D eigenvalue weighted by molar-refractivity contribution is 7.99. The van der Waals surface area contributed by atoms with Crippen LogP contribution in [-0.4, -0.2) is 89.0 Å². The summed E-state index contributed by atoms with van der Waals surface area (Å²) in [5.74, 6) is -2.69. The van der Waals surface area contributed by atoms with E-state index in [0.717, 1.165) is 45.2 Å². The molecule has 14 heteroatoms. The molecule has 0 radical (unpaired) electrons. The number of hydrogen-bond donors (Lipinski definition) is 0. The predicted molar refractivity (Wildman–Crippen MR) is 184 cm³/mol. The van der Waals surface area contributed by atoms with Crippen LogP contribution in [0.1, 0.15) is 32.7 Å². The van der Waals surface area contributed by atoms with Crippen molar-refractivity contribution >= 4 is 59.5 Å². The highest BCUT2D eigenvalue weighted by Gasteiger charge is 2.42. The number of thioether (sulfide) groups is 1. The lowest BCUT2D eigenvalue weighted by Gasteiger charge is -2.48. The third kappa shape index (κ3) is 5.85. The van der Waals surface area contributed by atoms with Crippen molar-refractivity contribution in [2.24, 2.45) is 5.41 Å². The number of rotatable bonds is 5. The molecule has 1 aromatic heterocycles. The van der Waals surface area contributed by atoms with Crippen molar-refractivity contribution in [3.63, 3.8) is 0 Å². The number of nitrogens with zero attached hydrogens (tertiary/aromatic N) is 5. The van der Waals surface area contributed by atoms with Gasteiger partial charge in [-0.05, 0) is 58.0 Å².